The number of benzene rings is 2. The summed E-state index contributed by atoms with van der Waals surface area (Å²) in [4.78, 5) is 33.3. The summed E-state index contributed by atoms with van der Waals surface area (Å²) in [6.45, 7) is 0. The number of thiophene rings is 1. The fourth-order valence-corrected chi connectivity index (χ4v) is 5.84. The normalized spacial score (nSPS) is 13.2. The molecular weight excluding hydrogens is 462 g/mol. The van der Waals surface area contributed by atoms with Crippen LogP contribution in [0.15, 0.2) is 57.8 Å². The average Bonchev–Trinajstić information content (AvgIpc) is 3.24. The first-order chi connectivity index (χ1) is 15.6. The van der Waals surface area contributed by atoms with E-state index in [4.69, 9.17) is 11.6 Å². The topological polar surface area (TPSA) is 74.8 Å². The van der Waals surface area contributed by atoms with Gasteiger partial charge in [-0.05, 0) is 54.5 Å². The number of aromatic amines is 1. The molecule has 2 aromatic heterocycles. The molecule has 0 saturated carbocycles. The van der Waals surface area contributed by atoms with Crippen LogP contribution in [0.3, 0.4) is 0 Å². The summed E-state index contributed by atoms with van der Waals surface area (Å²) < 4.78 is 0. The Labute approximate surface area is 198 Å². The van der Waals surface area contributed by atoms with Crippen LogP contribution in [0.2, 0.25) is 5.02 Å². The van der Waals surface area contributed by atoms with Crippen molar-refractivity contribution in [1.82, 2.24) is 9.97 Å². The predicted molar refractivity (Wildman–Crippen MR) is 133 cm³/mol. The van der Waals surface area contributed by atoms with Gasteiger partial charge in [-0.1, -0.05) is 53.7 Å². The third-order valence-electron chi connectivity index (χ3n) is 5.57. The first kappa shape index (κ1) is 21.2. The molecule has 2 N–H and O–H groups in total. The lowest BCUT2D eigenvalue weighted by Gasteiger charge is -2.16. The van der Waals surface area contributed by atoms with Gasteiger partial charge in [-0.25, -0.2) is 4.98 Å². The van der Waals surface area contributed by atoms with E-state index in [-0.39, 0.29) is 17.2 Å². The Morgan fingerprint density at radius 2 is 1.97 bits per heavy atom. The quantitative estimate of drug-likeness (QED) is 0.274. The standard InChI is InChI=1S/C24H20ClN3O2S2/c25-18-7-3-4-8-19(18)26-20(29)13-32-24-27-22(30)21-17(12-31-23(21)28-24)16-10-9-14-5-1-2-6-15(14)11-16/h3-4,7-12H,1-2,5-6,13H2,(H,26,29)(H,27,28,30). The molecule has 32 heavy (non-hydrogen) atoms. The van der Waals surface area contributed by atoms with Crippen LogP contribution in [0, 0.1) is 0 Å². The highest BCUT2D eigenvalue weighted by molar-refractivity contribution is 7.99. The number of rotatable bonds is 5. The summed E-state index contributed by atoms with van der Waals surface area (Å²) in [5.41, 5.74) is 5.15. The molecule has 0 radical (unpaired) electrons. The second-order valence-corrected chi connectivity index (χ2v) is 9.94. The van der Waals surface area contributed by atoms with E-state index in [1.807, 2.05) is 5.38 Å². The highest BCUT2D eigenvalue weighted by Gasteiger charge is 2.16. The number of anilines is 1. The zero-order chi connectivity index (χ0) is 22.1. The smallest absolute Gasteiger partial charge is 0.260 e. The molecule has 2 heterocycles. The van der Waals surface area contributed by atoms with E-state index in [1.54, 1.807) is 24.3 Å². The molecule has 0 bridgehead atoms. The minimum Gasteiger partial charge on any atom is -0.324 e. The molecule has 4 aromatic rings. The van der Waals surface area contributed by atoms with Crippen molar-refractivity contribution in [2.24, 2.45) is 0 Å². The number of nitrogens with one attached hydrogen (secondary N) is 2. The van der Waals surface area contributed by atoms with Crippen molar-refractivity contribution in [3.8, 4) is 11.1 Å². The second kappa shape index (κ2) is 9.10. The molecule has 2 aromatic carbocycles. The van der Waals surface area contributed by atoms with E-state index in [1.165, 1.54) is 47.1 Å². The Balaban J connectivity index is 1.35. The van der Waals surface area contributed by atoms with Gasteiger partial charge in [0, 0.05) is 10.9 Å². The van der Waals surface area contributed by atoms with Crippen LogP contribution in [-0.4, -0.2) is 21.6 Å². The Bertz CT molecular complexity index is 1380. The van der Waals surface area contributed by atoms with E-state index in [2.05, 4.69) is 33.5 Å². The molecule has 1 amide bonds. The van der Waals surface area contributed by atoms with Crippen LogP contribution < -0.4 is 10.9 Å². The maximum absolute atomic E-state index is 12.9. The molecule has 5 rings (SSSR count). The molecule has 0 atom stereocenters. The fourth-order valence-electron chi connectivity index (χ4n) is 3.99. The number of hydrogen-bond donors (Lipinski definition) is 2. The average molecular weight is 482 g/mol. The highest BCUT2D eigenvalue weighted by atomic mass is 35.5. The maximum atomic E-state index is 12.9. The van der Waals surface area contributed by atoms with Crippen LogP contribution in [-0.2, 0) is 17.6 Å². The van der Waals surface area contributed by atoms with Crippen molar-refractivity contribution in [1.29, 1.82) is 0 Å². The number of amides is 1. The van der Waals surface area contributed by atoms with Crippen molar-refractivity contribution in [3.05, 3.63) is 74.3 Å². The molecule has 5 nitrogen and oxygen atoms in total. The molecular formula is C24H20ClN3O2S2. The lowest BCUT2D eigenvalue weighted by molar-refractivity contribution is -0.113. The predicted octanol–water partition coefficient (Wildman–Crippen LogP) is 5.91. The number of halogens is 1. The van der Waals surface area contributed by atoms with Crippen molar-refractivity contribution in [2.75, 3.05) is 11.1 Å². The molecule has 0 saturated heterocycles. The van der Waals surface area contributed by atoms with E-state index in [0.717, 1.165) is 24.0 Å². The maximum Gasteiger partial charge on any atom is 0.260 e. The summed E-state index contributed by atoms with van der Waals surface area (Å²) in [5, 5.41) is 6.28. The summed E-state index contributed by atoms with van der Waals surface area (Å²) in [5.74, 6) is -0.102. The molecule has 8 heteroatoms. The monoisotopic (exact) mass is 481 g/mol. The van der Waals surface area contributed by atoms with E-state index in [9.17, 15) is 9.59 Å². The number of carbonyl (C=O) groups is 1. The SMILES string of the molecule is O=C(CSc1nc2scc(-c3ccc4c(c3)CCCC4)c2c(=O)[nH]1)Nc1ccccc1Cl. The first-order valence-corrected chi connectivity index (χ1v) is 12.6. The van der Waals surface area contributed by atoms with Crippen LogP contribution >= 0.6 is 34.7 Å². The van der Waals surface area contributed by atoms with Crippen molar-refractivity contribution in [3.63, 3.8) is 0 Å². The molecule has 0 aliphatic heterocycles. The van der Waals surface area contributed by atoms with E-state index in [0.29, 0.717) is 26.1 Å². The molecule has 0 spiro atoms. The number of para-hydroxylation sites is 1. The van der Waals surface area contributed by atoms with E-state index >= 15 is 0 Å². The third-order valence-corrected chi connectivity index (χ3v) is 7.64. The third kappa shape index (κ3) is 4.33. The largest absolute Gasteiger partial charge is 0.324 e. The lowest BCUT2D eigenvalue weighted by atomic mass is 9.89. The Hall–Kier alpha value is -2.61. The number of H-pyrrole nitrogens is 1. The van der Waals surface area contributed by atoms with Crippen molar-refractivity contribution in [2.45, 2.75) is 30.8 Å². The van der Waals surface area contributed by atoms with Gasteiger partial charge < -0.3 is 10.3 Å². The molecule has 0 unspecified atom stereocenters. The number of fused-ring (bicyclic) bond motifs is 2. The summed E-state index contributed by atoms with van der Waals surface area (Å²) in [7, 11) is 0. The van der Waals surface area contributed by atoms with Gasteiger partial charge in [0.05, 0.1) is 21.8 Å². The highest BCUT2D eigenvalue weighted by Crippen LogP contribution is 2.34. The van der Waals surface area contributed by atoms with Gasteiger partial charge in [0.15, 0.2) is 5.16 Å². The minimum atomic E-state index is -0.216. The van der Waals surface area contributed by atoms with Gasteiger partial charge in [-0.3, -0.25) is 9.59 Å². The summed E-state index contributed by atoms with van der Waals surface area (Å²) in [6, 6.07) is 13.6. The van der Waals surface area contributed by atoms with Gasteiger partial charge in [-0.2, -0.15) is 0 Å². The number of nitrogens with zero attached hydrogens (tertiary/aromatic N) is 1. The number of hydrogen-bond acceptors (Lipinski definition) is 5. The zero-order valence-electron chi connectivity index (χ0n) is 17.1. The van der Waals surface area contributed by atoms with Crippen molar-refractivity contribution >= 4 is 56.5 Å². The Morgan fingerprint density at radius 3 is 2.81 bits per heavy atom. The zero-order valence-corrected chi connectivity index (χ0v) is 19.5. The summed E-state index contributed by atoms with van der Waals surface area (Å²) >= 11 is 8.73. The van der Waals surface area contributed by atoms with Gasteiger partial charge in [0.25, 0.3) is 5.56 Å². The lowest BCUT2D eigenvalue weighted by Crippen LogP contribution is -2.15. The van der Waals surface area contributed by atoms with Crippen LogP contribution in [0.4, 0.5) is 5.69 Å². The molecule has 1 aliphatic rings. The fraction of sp³-hybridized carbons (Fsp3) is 0.208. The van der Waals surface area contributed by atoms with Crippen LogP contribution in [0.1, 0.15) is 24.0 Å². The van der Waals surface area contributed by atoms with Gasteiger partial charge in [0.1, 0.15) is 4.83 Å². The number of carbonyl (C=O) groups excluding carboxylic acids is 1. The molecule has 0 fully saturated rings. The Kier molecular flexibility index (Phi) is 6.04. The summed E-state index contributed by atoms with van der Waals surface area (Å²) in [6.07, 6.45) is 4.69. The van der Waals surface area contributed by atoms with Crippen LogP contribution in [0.25, 0.3) is 21.3 Å². The van der Waals surface area contributed by atoms with Crippen molar-refractivity contribution < 1.29 is 4.79 Å². The number of thioether (sulfide) groups is 1. The first-order valence-electron chi connectivity index (χ1n) is 10.4. The minimum absolute atomic E-state index is 0.114. The second-order valence-electron chi connectivity index (χ2n) is 7.71. The van der Waals surface area contributed by atoms with Gasteiger partial charge in [-0.15, -0.1) is 11.3 Å². The van der Waals surface area contributed by atoms with Gasteiger partial charge in [0.2, 0.25) is 5.91 Å². The van der Waals surface area contributed by atoms with Gasteiger partial charge >= 0.3 is 0 Å². The number of aryl methyl sites for hydroxylation is 2. The Morgan fingerprint density at radius 1 is 1.16 bits per heavy atom. The van der Waals surface area contributed by atoms with E-state index < -0.39 is 0 Å². The number of aromatic nitrogens is 2. The molecule has 1 aliphatic carbocycles. The van der Waals surface area contributed by atoms with Crippen LogP contribution in [0.5, 0.6) is 0 Å². The molecule has 162 valence electrons.